The third-order valence-electron chi connectivity index (χ3n) is 5.18. The molecule has 1 saturated carbocycles. The lowest BCUT2D eigenvalue weighted by Crippen LogP contribution is -2.40. The van der Waals surface area contributed by atoms with E-state index in [9.17, 15) is 4.79 Å². The van der Waals surface area contributed by atoms with Crippen molar-refractivity contribution in [1.82, 2.24) is 4.90 Å². The van der Waals surface area contributed by atoms with Crippen molar-refractivity contribution < 1.29 is 9.53 Å². The maximum atomic E-state index is 12.3. The average Bonchev–Trinajstić information content (AvgIpc) is 2.61. The fourth-order valence-electron chi connectivity index (χ4n) is 3.71. The molecule has 0 N–H and O–H groups in total. The second kappa shape index (κ2) is 8.16. The molecule has 0 aromatic heterocycles. The Bertz CT molecular complexity index is 503. The first-order valence-corrected chi connectivity index (χ1v) is 9.25. The van der Waals surface area contributed by atoms with Gasteiger partial charge in [0.05, 0.1) is 6.10 Å². The van der Waals surface area contributed by atoms with Crippen molar-refractivity contribution >= 4 is 17.5 Å². The molecular formula is C19H26ClNO2. The summed E-state index contributed by atoms with van der Waals surface area (Å²) >= 11 is 5.95. The number of piperidine rings is 1. The van der Waals surface area contributed by atoms with Crippen molar-refractivity contribution in [3.05, 3.63) is 34.9 Å². The first kappa shape index (κ1) is 16.8. The highest BCUT2D eigenvalue weighted by atomic mass is 35.5. The van der Waals surface area contributed by atoms with Gasteiger partial charge < -0.3 is 9.64 Å². The lowest BCUT2D eigenvalue weighted by atomic mass is 9.89. The maximum Gasteiger partial charge on any atom is 0.248 e. The minimum Gasteiger partial charge on any atom is -0.368 e. The van der Waals surface area contributed by atoms with Crippen molar-refractivity contribution in [3.8, 4) is 0 Å². The van der Waals surface area contributed by atoms with Crippen molar-refractivity contribution in [2.24, 2.45) is 0 Å². The third-order valence-corrected chi connectivity index (χ3v) is 5.44. The van der Waals surface area contributed by atoms with Gasteiger partial charge in [0.2, 0.25) is 5.91 Å². The number of likely N-dealkylation sites (tertiary alicyclic amines) is 1. The van der Waals surface area contributed by atoms with Crippen LogP contribution in [0.4, 0.5) is 0 Å². The summed E-state index contributed by atoms with van der Waals surface area (Å²) in [5.41, 5.74) is 1.33. The van der Waals surface area contributed by atoms with Gasteiger partial charge >= 0.3 is 0 Å². The fraction of sp³-hybridized carbons (Fsp3) is 0.632. The summed E-state index contributed by atoms with van der Waals surface area (Å²) in [6.07, 6.45) is 8.38. The predicted octanol–water partition coefficient (Wildman–Crippen LogP) is 4.40. The Labute approximate surface area is 144 Å². The standard InChI is InChI=1S/C19H26ClNO2/c20-17-8-6-15(7-9-17)16-10-12-21(13-11-16)19(22)14-23-18-4-2-1-3-5-18/h6-9,16,18H,1-5,10-14H2. The fourth-order valence-corrected chi connectivity index (χ4v) is 3.84. The average molecular weight is 336 g/mol. The van der Waals surface area contributed by atoms with Crippen LogP contribution in [0.15, 0.2) is 24.3 Å². The van der Waals surface area contributed by atoms with Crippen LogP contribution in [0.25, 0.3) is 0 Å². The third kappa shape index (κ3) is 4.71. The summed E-state index contributed by atoms with van der Waals surface area (Å²) in [5.74, 6) is 0.695. The van der Waals surface area contributed by atoms with Crippen LogP contribution >= 0.6 is 11.6 Å². The van der Waals surface area contributed by atoms with E-state index < -0.39 is 0 Å². The normalized spacial score (nSPS) is 20.7. The van der Waals surface area contributed by atoms with Crippen molar-refractivity contribution in [2.45, 2.75) is 57.0 Å². The molecule has 3 rings (SSSR count). The largest absolute Gasteiger partial charge is 0.368 e. The number of ether oxygens (including phenoxy) is 1. The van der Waals surface area contributed by atoms with Crippen LogP contribution in [-0.4, -0.2) is 36.6 Å². The number of hydrogen-bond donors (Lipinski definition) is 0. The quantitative estimate of drug-likeness (QED) is 0.816. The zero-order valence-electron chi connectivity index (χ0n) is 13.7. The number of rotatable bonds is 4. The van der Waals surface area contributed by atoms with Gasteiger partial charge in [0.1, 0.15) is 6.61 Å². The smallest absolute Gasteiger partial charge is 0.248 e. The van der Waals surface area contributed by atoms with E-state index in [1.807, 2.05) is 17.0 Å². The summed E-state index contributed by atoms with van der Waals surface area (Å²) in [7, 11) is 0. The van der Waals surface area contributed by atoms with Crippen LogP contribution in [0.1, 0.15) is 56.4 Å². The number of carbonyl (C=O) groups is 1. The Hall–Kier alpha value is -1.06. The van der Waals surface area contributed by atoms with Gasteiger partial charge in [-0.15, -0.1) is 0 Å². The minimum absolute atomic E-state index is 0.158. The van der Waals surface area contributed by atoms with Gasteiger partial charge in [0.25, 0.3) is 0 Å². The molecule has 1 aliphatic heterocycles. The number of carbonyl (C=O) groups excluding carboxylic acids is 1. The van der Waals surface area contributed by atoms with Crippen LogP contribution in [0.3, 0.4) is 0 Å². The van der Waals surface area contributed by atoms with Crippen LogP contribution in [0.5, 0.6) is 0 Å². The number of amides is 1. The Morgan fingerprint density at radius 2 is 1.70 bits per heavy atom. The van der Waals surface area contributed by atoms with Crippen LogP contribution in [-0.2, 0) is 9.53 Å². The Balaban J connectivity index is 1.42. The molecule has 1 saturated heterocycles. The van der Waals surface area contributed by atoms with E-state index in [-0.39, 0.29) is 12.5 Å². The van der Waals surface area contributed by atoms with E-state index in [2.05, 4.69) is 12.1 Å². The van der Waals surface area contributed by atoms with Gasteiger partial charge in [0.15, 0.2) is 0 Å². The summed E-state index contributed by atoms with van der Waals surface area (Å²) in [4.78, 5) is 14.3. The monoisotopic (exact) mass is 335 g/mol. The van der Waals surface area contributed by atoms with E-state index in [1.165, 1.54) is 24.8 Å². The minimum atomic E-state index is 0.158. The molecule has 1 aromatic rings. The highest BCUT2D eigenvalue weighted by Crippen LogP contribution is 2.29. The zero-order chi connectivity index (χ0) is 16.1. The van der Waals surface area contributed by atoms with E-state index in [0.29, 0.717) is 12.0 Å². The van der Waals surface area contributed by atoms with Crippen molar-refractivity contribution in [1.29, 1.82) is 0 Å². The van der Waals surface area contributed by atoms with Gasteiger partial charge in [-0.1, -0.05) is 43.0 Å². The number of hydrogen-bond acceptors (Lipinski definition) is 2. The summed E-state index contributed by atoms with van der Waals surface area (Å²) in [5, 5.41) is 0.779. The maximum absolute atomic E-state index is 12.3. The Morgan fingerprint density at radius 3 is 2.35 bits per heavy atom. The molecule has 2 aliphatic rings. The Morgan fingerprint density at radius 1 is 1.04 bits per heavy atom. The van der Waals surface area contributed by atoms with E-state index in [1.54, 1.807) is 0 Å². The molecule has 0 atom stereocenters. The van der Waals surface area contributed by atoms with Crippen LogP contribution < -0.4 is 0 Å². The molecule has 1 amide bonds. The van der Waals surface area contributed by atoms with Gasteiger partial charge in [0, 0.05) is 18.1 Å². The zero-order valence-corrected chi connectivity index (χ0v) is 14.4. The van der Waals surface area contributed by atoms with Gasteiger partial charge in [-0.05, 0) is 49.3 Å². The molecule has 1 heterocycles. The van der Waals surface area contributed by atoms with Crippen LogP contribution in [0.2, 0.25) is 5.02 Å². The van der Waals surface area contributed by atoms with Crippen molar-refractivity contribution in [2.75, 3.05) is 19.7 Å². The van der Waals surface area contributed by atoms with Gasteiger partial charge in [-0.2, -0.15) is 0 Å². The SMILES string of the molecule is O=C(COC1CCCCC1)N1CCC(c2ccc(Cl)cc2)CC1. The topological polar surface area (TPSA) is 29.5 Å². The molecule has 3 nitrogen and oxygen atoms in total. The van der Waals surface area contributed by atoms with E-state index in [4.69, 9.17) is 16.3 Å². The first-order valence-electron chi connectivity index (χ1n) is 8.87. The van der Waals surface area contributed by atoms with Gasteiger partial charge in [-0.25, -0.2) is 0 Å². The molecule has 23 heavy (non-hydrogen) atoms. The van der Waals surface area contributed by atoms with Gasteiger partial charge in [-0.3, -0.25) is 4.79 Å². The second-order valence-electron chi connectivity index (χ2n) is 6.78. The molecule has 1 aliphatic carbocycles. The van der Waals surface area contributed by atoms with E-state index >= 15 is 0 Å². The highest BCUT2D eigenvalue weighted by Gasteiger charge is 2.24. The van der Waals surface area contributed by atoms with E-state index in [0.717, 1.165) is 43.8 Å². The molecular weight excluding hydrogens is 310 g/mol. The molecule has 126 valence electrons. The lowest BCUT2D eigenvalue weighted by molar-refractivity contribution is -0.139. The molecule has 2 fully saturated rings. The first-order chi connectivity index (χ1) is 11.2. The highest BCUT2D eigenvalue weighted by molar-refractivity contribution is 6.30. The predicted molar refractivity (Wildman–Crippen MR) is 92.8 cm³/mol. The molecule has 0 unspecified atom stereocenters. The molecule has 4 heteroatoms. The summed E-state index contributed by atoms with van der Waals surface area (Å²) in [6.45, 7) is 1.93. The molecule has 1 aromatic carbocycles. The van der Waals surface area contributed by atoms with Crippen LogP contribution in [0, 0.1) is 0 Å². The summed E-state index contributed by atoms with van der Waals surface area (Å²) < 4.78 is 5.82. The molecule has 0 radical (unpaired) electrons. The number of halogens is 1. The summed E-state index contributed by atoms with van der Waals surface area (Å²) in [6, 6.07) is 8.12. The molecule has 0 bridgehead atoms. The second-order valence-corrected chi connectivity index (χ2v) is 7.21. The Kier molecular flexibility index (Phi) is 5.96. The van der Waals surface area contributed by atoms with Crippen molar-refractivity contribution in [3.63, 3.8) is 0 Å². The lowest BCUT2D eigenvalue weighted by Gasteiger charge is -2.33. The molecule has 0 spiro atoms. The number of benzene rings is 1. The number of nitrogens with zero attached hydrogens (tertiary/aromatic N) is 1.